The third kappa shape index (κ3) is 5.63. The van der Waals surface area contributed by atoms with Gasteiger partial charge in [0, 0.05) is 19.5 Å². The number of carbonyl (C=O) groups excluding carboxylic acids is 2. The van der Waals surface area contributed by atoms with Crippen LogP contribution in [0.4, 0.5) is 0 Å². The van der Waals surface area contributed by atoms with E-state index in [1.165, 1.54) is 4.31 Å². The number of fused-ring (bicyclic) bond motifs is 1. The lowest BCUT2D eigenvalue weighted by Crippen LogP contribution is -2.50. The lowest BCUT2D eigenvalue weighted by Gasteiger charge is -2.25. The Bertz CT molecular complexity index is 1100. The first-order chi connectivity index (χ1) is 15.9. The van der Waals surface area contributed by atoms with Gasteiger partial charge in [-0.15, -0.1) is 0 Å². The zero-order valence-electron chi connectivity index (χ0n) is 18.2. The maximum atomic E-state index is 12.7. The van der Waals surface area contributed by atoms with Gasteiger partial charge < -0.3 is 9.47 Å². The van der Waals surface area contributed by atoms with Gasteiger partial charge in [-0.3, -0.25) is 20.4 Å². The predicted octanol–water partition coefficient (Wildman–Crippen LogP) is 1.78. The second kappa shape index (κ2) is 10.2. The summed E-state index contributed by atoms with van der Waals surface area (Å²) in [6, 6.07) is 13.6. The van der Waals surface area contributed by atoms with Crippen LogP contribution in [-0.2, 0) is 26.0 Å². The van der Waals surface area contributed by atoms with E-state index in [1.54, 1.807) is 42.5 Å². The third-order valence-electron chi connectivity index (χ3n) is 5.64. The van der Waals surface area contributed by atoms with E-state index in [2.05, 4.69) is 10.9 Å². The number of carbonyl (C=O) groups is 2. The van der Waals surface area contributed by atoms with Crippen molar-refractivity contribution >= 4 is 21.8 Å². The Hall–Kier alpha value is -3.11. The molecule has 0 aliphatic carbocycles. The Labute approximate surface area is 193 Å². The zero-order chi connectivity index (χ0) is 23.3. The second-order valence-electron chi connectivity index (χ2n) is 8.01. The third-order valence-corrected chi connectivity index (χ3v) is 7.56. The van der Waals surface area contributed by atoms with Crippen LogP contribution in [0.1, 0.15) is 31.2 Å². The fourth-order valence-corrected chi connectivity index (χ4v) is 5.28. The molecule has 176 valence electrons. The molecule has 9 nitrogen and oxygen atoms in total. The number of amides is 2. The Morgan fingerprint density at radius 2 is 1.64 bits per heavy atom. The minimum absolute atomic E-state index is 0.0470. The highest BCUT2D eigenvalue weighted by Gasteiger charge is 2.28. The van der Waals surface area contributed by atoms with Crippen molar-refractivity contribution in [3.05, 3.63) is 54.1 Å². The van der Waals surface area contributed by atoms with Gasteiger partial charge in [0.1, 0.15) is 6.61 Å². The van der Waals surface area contributed by atoms with Crippen LogP contribution in [0.25, 0.3) is 0 Å². The van der Waals surface area contributed by atoms with Crippen molar-refractivity contribution in [3.63, 3.8) is 0 Å². The summed E-state index contributed by atoms with van der Waals surface area (Å²) in [7, 11) is -3.47. The minimum Gasteiger partial charge on any atom is -0.485 e. The number of nitrogens with one attached hydrogen (secondary N) is 2. The number of hydrogen-bond donors (Lipinski definition) is 2. The number of para-hydroxylation sites is 2. The Morgan fingerprint density at radius 1 is 0.939 bits per heavy atom. The van der Waals surface area contributed by atoms with Crippen LogP contribution in [-0.4, -0.2) is 50.3 Å². The molecule has 2 N–H and O–H groups in total. The van der Waals surface area contributed by atoms with Crippen molar-refractivity contribution < 1.29 is 27.5 Å². The predicted molar refractivity (Wildman–Crippen MR) is 120 cm³/mol. The van der Waals surface area contributed by atoms with Crippen LogP contribution in [0.2, 0.25) is 0 Å². The van der Waals surface area contributed by atoms with E-state index in [0.29, 0.717) is 31.0 Å². The molecular formula is C23H27N3O6S. The number of piperidine rings is 1. The molecule has 2 aromatic carbocycles. The number of hydrazine groups is 1. The van der Waals surface area contributed by atoms with E-state index in [4.69, 9.17) is 9.47 Å². The molecule has 2 aliphatic heterocycles. The minimum atomic E-state index is -3.47. The fraction of sp³-hybridized carbons (Fsp3) is 0.391. The maximum Gasteiger partial charge on any atom is 0.283 e. The molecule has 0 saturated carbocycles. The molecule has 1 unspecified atom stereocenters. The molecule has 33 heavy (non-hydrogen) atoms. The average Bonchev–Trinajstić information content (AvgIpc) is 2.86. The summed E-state index contributed by atoms with van der Waals surface area (Å²) in [5.41, 5.74) is 5.56. The number of benzene rings is 2. The van der Waals surface area contributed by atoms with Gasteiger partial charge in [0.2, 0.25) is 22.0 Å². The highest BCUT2D eigenvalue weighted by molar-refractivity contribution is 7.89. The molecule has 1 saturated heterocycles. The average molecular weight is 474 g/mol. The molecule has 2 aliphatic rings. The van der Waals surface area contributed by atoms with Gasteiger partial charge in [0.15, 0.2) is 11.5 Å². The lowest BCUT2D eigenvalue weighted by molar-refractivity contribution is -0.135. The van der Waals surface area contributed by atoms with Crippen LogP contribution in [0.3, 0.4) is 0 Å². The topological polar surface area (TPSA) is 114 Å². The van der Waals surface area contributed by atoms with Crippen molar-refractivity contribution in [1.82, 2.24) is 15.2 Å². The highest BCUT2D eigenvalue weighted by atomic mass is 32.2. The summed E-state index contributed by atoms with van der Waals surface area (Å²) in [4.78, 5) is 24.7. The van der Waals surface area contributed by atoms with Crippen LogP contribution in [0, 0.1) is 0 Å². The van der Waals surface area contributed by atoms with Gasteiger partial charge in [-0.25, -0.2) is 8.42 Å². The molecule has 0 bridgehead atoms. The first kappa shape index (κ1) is 23.1. The number of rotatable bonds is 6. The maximum absolute atomic E-state index is 12.7. The van der Waals surface area contributed by atoms with Gasteiger partial charge in [0.05, 0.1) is 4.90 Å². The van der Waals surface area contributed by atoms with Gasteiger partial charge in [-0.2, -0.15) is 4.31 Å². The standard InChI is InChI=1S/C23H27N3O6S/c27-22(24-25-23(28)21-16-31-19-6-2-3-7-20(19)32-21)13-10-17-8-11-18(12-9-17)33(29,30)26-14-4-1-5-15-26/h2-3,6-9,11-12,21H,1,4-5,10,13-16H2,(H,24,27)(H,25,28). The molecule has 10 heteroatoms. The first-order valence-electron chi connectivity index (χ1n) is 11.0. The van der Waals surface area contributed by atoms with E-state index in [-0.39, 0.29) is 23.8 Å². The molecule has 2 heterocycles. The molecular weight excluding hydrogens is 446 g/mol. The van der Waals surface area contributed by atoms with Gasteiger partial charge in [-0.05, 0) is 49.1 Å². The van der Waals surface area contributed by atoms with Crippen LogP contribution >= 0.6 is 0 Å². The molecule has 2 amide bonds. The van der Waals surface area contributed by atoms with E-state index in [0.717, 1.165) is 24.8 Å². The van der Waals surface area contributed by atoms with Crippen LogP contribution < -0.4 is 20.3 Å². The lowest BCUT2D eigenvalue weighted by atomic mass is 10.1. The number of aryl methyl sites for hydroxylation is 1. The highest BCUT2D eigenvalue weighted by Crippen LogP contribution is 2.30. The zero-order valence-corrected chi connectivity index (χ0v) is 19.0. The quantitative estimate of drug-likeness (QED) is 0.619. The normalized spacial score (nSPS) is 18.4. The van der Waals surface area contributed by atoms with Gasteiger partial charge in [0.25, 0.3) is 5.91 Å². The van der Waals surface area contributed by atoms with Crippen molar-refractivity contribution in [2.75, 3.05) is 19.7 Å². The molecule has 1 atom stereocenters. The van der Waals surface area contributed by atoms with Crippen molar-refractivity contribution in [2.24, 2.45) is 0 Å². The second-order valence-corrected chi connectivity index (χ2v) is 9.95. The Morgan fingerprint density at radius 3 is 2.36 bits per heavy atom. The summed E-state index contributed by atoms with van der Waals surface area (Å²) < 4.78 is 38.1. The fourth-order valence-electron chi connectivity index (χ4n) is 3.76. The first-order valence-corrected chi connectivity index (χ1v) is 12.4. The molecule has 1 fully saturated rings. The van der Waals surface area contributed by atoms with Crippen LogP contribution in [0.5, 0.6) is 11.5 Å². The van der Waals surface area contributed by atoms with E-state index in [9.17, 15) is 18.0 Å². The van der Waals surface area contributed by atoms with E-state index >= 15 is 0 Å². The molecule has 0 spiro atoms. The Balaban J connectivity index is 1.22. The largest absolute Gasteiger partial charge is 0.485 e. The SMILES string of the molecule is O=C(CCc1ccc(S(=O)(=O)N2CCCCC2)cc1)NNC(=O)C1COc2ccccc2O1. The molecule has 4 rings (SSSR count). The number of nitrogens with zero attached hydrogens (tertiary/aromatic N) is 1. The number of ether oxygens (including phenoxy) is 2. The van der Waals surface area contributed by atoms with E-state index in [1.807, 2.05) is 6.07 Å². The molecule has 0 radical (unpaired) electrons. The van der Waals surface area contributed by atoms with E-state index < -0.39 is 22.0 Å². The summed E-state index contributed by atoms with van der Waals surface area (Å²) in [6.45, 7) is 1.16. The summed E-state index contributed by atoms with van der Waals surface area (Å²) in [5.74, 6) is 0.164. The van der Waals surface area contributed by atoms with Gasteiger partial charge in [-0.1, -0.05) is 30.7 Å². The summed E-state index contributed by atoms with van der Waals surface area (Å²) in [5, 5.41) is 0. The van der Waals surface area contributed by atoms with Crippen LogP contribution in [0.15, 0.2) is 53.4 Å². The molecule has 2 aromatic rings. The summed E-state index contributed by atoms with van der Waals surface area (Å²) in [6.07, 6.45) is 2.50. The summed E-state index contributed by atoms with van der Waals surface area (Å²) >= 11 is 0. The monoisotopic (exact) mass is 473 g/mol. The number of hydrogen-bond acceptors (Lipinski definition) is 6. The number of sulfonamides is 1. The van der Waals surface area contributed by atoms with Crippen molar-refractivity contribution in [3.8, 4) is 11.5 Å². The van der Waals surface area contributed by atoms with Gasteiger partial charge >= 0.3 is 0 Å². The Kier molecular flexibility index (Phi) is 7.14. The van der Waals surface area contributed by atoms with Crippen molar-refractivity contribution in [2.45, 2.75) is 43.1 Å². The van der Waals surface area contributed by atoms with Crippen molar-refractivity contribution in [1.29, 1.82) is 0 Å². The smallest absolute Gasteiger partial charge is 0.283 e. The molecule has 0 aromatic heterocycles.